The van der Waals surface area contributed by atoms with Crippen LogP contribution in [0, 0.1) is 0 Å². The van der Waals surface area contributed by atoms with Crippen LogP contribution in [0.4, 0.5) is 5.82 Å². The van der Waals surface area contributed by atoms with Gasteiger partial charge in [0.1, 0.15) is 5.82 Å². The molecule has 1 N–H and O–H groups in total. The fraction of sp³-hybridized carbons (Fsp3) is 0.200. The number of amides is 1. The summed E-state index contributed by atoms with van der Waals surface area (Å²) in [7, 11) is 3.49. The Bertz CT molecular complexity index is 596. The molecule has 1 amide bonds. The van der Waals surface area contributed by atoms with Crippen LogP contribution in [0.5, 0.6) is 0 Å². The minimum atomic E-state index is 0.0122. The van der Waals surface area contributed by atoms with Gasteiger partial charge in [0.15, 0.2) is 0 Å². The highest BCUT2D eigenvalue weighted by molar-refractivity contribution is 9.10. The Balaban J connectivity index is 1.99. The maximum atomic E-state index is 11.8. The normalized spacial score (nSPS) is 10.2. The Hall–Kier alpha value is -1.88. The van der Waals surface area contributed by atoms with Gasteiger partial charge in [-0.3, -0.25) is 4.79 Å². The Morgan fingerprint density at radius 2 is 1.95 bits per heavy atom. The van der Waals surface area contributed by atoms with E-state index >= 15 is 0 Å². The molecular weight excluding hydrogens is 318 g/mol. The maximum Gasteiger partial charge on any atom is 0.253 e. The molecule has 0 saturated heterocycles. The molecule has 0 unspecified atom stereocenters. The van der Waals surface area contributed by atoms with Crippen LogP contribution in [0.25, 0.3) is 0 Å². The number of benzene rings is 1. The molecular formula is C15H16BrN3O. The highest BCUT2D eigenvalue weighted by atomic mass is 79.9. The summed E-state index contributed by atoms with van der Waals surface area (Å²) in [6.07, 6.45) is 1.74. The second-order valence-electron chi connectivity index (χ2n) is 4.61. The fourth-order valence-electron chi connectivity index (χ4n) is 1.72. The maximum absolute atomic E-state index is 11.8. The predicted molar refractivity (Wildman–Crippen MR) is 83.7 cm³/mol. The smallest absolute Gasteiger partial charge is 0.253 e. The van der Waals surface area contributed by atoms with Gasteiger partial charge in [-0.1, -0.05) is 28.1 Å². The predicted octanol–water partition coefficient (Wildman–Crippen LogP) is 3.16. The van der Waals surface area contributed by atoms with Gasteiger partial charge in [0.25, 0.3) is 5.91 Å². The van der Waals surface area contributed by atoms with Crippen molar-refractivity contribution in [3.63, 3.8) is 0 Å². The Labute approximate surface area is 127 Å². The number of hydrogen-bond donors (Lipinski definition) is 1. The van der Waals surface area contributed by atoms with Crippen LogP contribution in [0.3, 0.4) is 0 Å². The zero-order valence-electron chi connectivity index (χ0n) is 11.4. The number of rotatable bonds is 4. The average molecular weight is 334 g/mol. The molecule has 5 heteroatoms. The van der Waals surface area contributed by atoms with E-state index in [-0.39, 0.29) is 5.91 Å². The SMILES string of the molecule is CN(C)C(=O)c1ccc(CNc2cc(Br)ccn2)cc1. The monoisotopic (exact) mass is 333 g/mol. The van der Waals surface area contributed by atoms with Crippen molar-refractivity contribution in [2.45, 2.75) is 6.54 Å². The molecule has 4 nitrogen and oxygen atoms in total. The van der Waals surface area contributed by atoms with Crippen molar-refractivity contribution in [2.75, 3.05) is 19.4 Å². The minimum Gasteiger partial charge on any atom is -0.366 e. The zero-order valence-corrected chi connectivity index (χ0v) is 13.0. The molecule has 104 valence electrons. The quantitative estimate of drug-likeness (QED) is 0.934. The van der Waals surface area contributed by atoms with E-state index in [1.54, 1.807) is 25.2 Å². The standard InChI is InChI=1S/C15H16BrN3O/c1-19(2)15(20)12-5-3-11(4-6-12)10-18-14-9-13(16)7-8-17-14/h3-9H,10H2,1-2H3,(H,17,18). The molecule has 0 aliphatic rings. The van der Waals surface area contributed by atoms with Crippen molar-refractivity contribution in [1.82, 2.24) is 9.88 Å². The summed E-state index contributed by atoms with van der Waals surface area (Å²) in [5, 5.41) is 3.24. The van der Waals surface area contributed by atoms with E-state index in [2.05, 4.69) is 26.2 Å². The van der Waals surface area contributed by atoms with Crippen LogP contribution in [-0.4, -0.2) is 29.9 Å². The van der Waals surface area contributed by atoms with E-state index in [0.29, 0.717) is 12.1 Å². The highest BCUT2D eigenvalue weighted by Crippen LogP contribution is 2.14. The van der Waals surface area contributed by atoms with Crippen molar-refractivity contribution >= 4 is 27.7 Å². The number of anilines is 1. The number of nitrogens with zero attached hydrogens (tertiary/aromatic N) is 2. The lowest BCUT2D eigenvalue weighted by Gasteiger charge is -2.11. The van der Waals surface area contributed by atoms with Gasteiger partial charge in [0.05, 0.1) is 0 Å². The number of nitrogens with one attached hydrogen (secondary N) is 1. The van der Waals surface area contributed by atoms with E-state index in [1.807, 2.05) is 36.4 Å². The molecule has 0 aliphatic carbocycles. The number of halogens is 1. The molecule has 0 fully saturated rings. The first-order chi connectivity index (χ1) is 9.56. The van der Waals surface area contributed by atoms with Crippen LogP contribution >= 0.6 is 15.9 Å². The van der Waals surface area contributed by atoms with E-state index in [0.717, 1.165) is 15.9 Å². The zero-order chi connectivity index (χ0) is 14.5. The fourth-order valence-corrected chi connectivity index (χ4v) is 2.05. The third-order valence-electron chi connectivity index (χ3n) is 2.80. The summed E-state index contributed by atoms with van der Waals surface area (Å²) in [6, 6.07) is 11.4. The van der Waals surface area contributed by atoms with E-state index in [1.165, 1.54) is 0 Å². The van der Waals surface area contributed by atoms with Crippen LogP contribution in [0.1, 0.15) is 15.9 Å². The minimum absolute atomic E-state index is 0.0122. The summed E-state index contributed by atoms with van der Waals surface area (Å²) in [5.74, 6) is 0.825. The van der Waals surface area contributed by atoms with Crippen molar-refractivity contribution in [2.24, 2.45) is 0 Å². The molecule has 20 heavy (non-hydrogen) atoms. The third kappa shape index (κ3) is 3.81. The van der Waals surface area contributed by atoms with Gasteiger partial charge >= 0.3 is 0 Å². The molecule has 0 bridgehead atoms. The average Bonchev–Trinajstić information content (AvgIpc) is 2.45. The van der Waals surface area contributed by atoms with Crippen LogP contribution in [0.15, 0.2) is 47.1 Å². The van der Waals surface area contributed by atoms with Gasteiger partial charge < -0.3 is 10.2 Å². The molecule has 0 atom stereocenters. The molecule has 2 aromatic rings. The number of pyridine rings is 1. The molecule has 0 aliphatic heterocycles. The summed E-state index contributed by atoms with van der Waals surface area (Å²) < 4.78 is 0.988. The summed E-state index contributed by atoms with van der Waals surface area (Å²) in [6.45, 7) is 0.667. The Morgan fingerprint density at radius 3 is 2.55 bits per heavy atom. The second-order valence-corrected chi connectivity index (χ2v) is 5.53. The lowest BCUT2D eigenvalue weighted by molar-refractivity contribution is 0.0827. The van der Waals surface area contributed by atoms with Gasteiger partial charge in [-0.25, -0.2) is 4.98 Å². The van der Waals surface area contributed by atoms with Gasteiger partial charge in [-0.15, -0.1) is 0 Å². The Kier molecular flexibility index (Phi) is 4.74. The van der Waals surface area contributed by atoms with Crippen LogP contribution in [0.2, 0.25) is 0 Å². The number of carbonyl (C=O) groups is 1. The topological polar surface area (TPSA) is 45.2 Å². The molecule has 0 saturated carbocycles. The first-order valence-corrected chi connectivity index (χ1v) is 7.01. The molecule has 1 aromatic carbocycles. The van der Waals surface area contributed by atoms with Crippen LogP contribution < -0.4 is 5.32 Å². The molecule has 2 rings (SSSR count). The molecule has 0 spiro atoms. The summed E-state index contributed by atoms with van der Waals surface area (Å²) in [4.78, 5) is 17.6. The van der Waals surface area contributed by atoms with Crippen molar-refractivity contribution in [3.05, 3.63) is 58.2 Å². The third-order valence-corrected chi connectivity index (χ3v) is 3.30. The van der Waals surface area contributed by atoms with Crippen molar-refractivity contribution in [3.8, 4) is 0 Å². The van der Waals surface area contributed by atoms with Gasteiger partial charge in [-0.05, 0) is 29.8 Å². The summed E-state index contributed by atoms with van der Waals surface area (Å²) >= 11 is 3.41. The summed E-state index contributed by atoms with van der Waals surface area (Å²) in [5.41, 5.74) is 1.79. The molecule has 1 aromatic heterocycles. The van der Waals surface area contributed by atoms with Gasteiger partial charge in [-0.2, -0.15) is 0 Å². The number of aromatic nitrogens is 1. The first-order valence-electron chi connectivity index (χ1n) is 6.22. The number of hydrogen-bond acceptors (Lipinski definition) is 3. The number of carbonyl (C=O) groups excluding carboxylic acids is 1. The van der Waals surface area contributed by atoms with E-state index < -0.39 is 0 Å². The van der Waals surface area contributed by atoms with Gasteiger partial charge in [0.2, 0.25) is 0 Å². The first kappa shape index (κ1) is 14.5. The van der Waals surface area contributed by atoms with Crippen molar-refractivity contribution < 1.29 is 4.79 Å². The van der Waals surface area contributed by atoms with E-state index in [9.17, 15) is 4.79 Å². The second kappa shape index (κ2) is 6.52. The Morgan fingerprint density at radius 1 is 1.25 bits per heavy atom. The molecule has 0 radical (unpaired) electrons. The van der Waals surface area contributed by atoms with Crippen LogP contribution in [-0.2, 0) is 6.54 Å². The largest absolute Gasteiger partial charge is 0.366 e. The lowest BCUT2D eigenvalue weighted by atomic mass is 10.1. The highest BCUT2D eigenvalue weighted by Gasteiger charge is 2.07. The van der Waals surface area contributed by atoms with Crippen molar-refractivity contribution in [1.29, 1.82) is 0 Å². The lowest BCUT2D eigenvalue weighted by Crippen LogP contribution is -2.21. The van der Waals surface area contributed by atoms with E-state index in [4.69, 9.17) is 0 Å². The molecule has 1 heterocycles. The van der Waals surface area contributed by atoms with Gasteiger partial charge in [0, 0.05) is 36.9 Å².